The number of hydrogen-bond donors (Lipinski definition) is 1. The summed E-state index contributed by atoms with van der Waals surface area (Å²) in [5.74, 6) is 6.17. The molecule has 0 unspecified atom stereocenters. The number of nitrogens with zero attached hydrogens (tertiary/aromatic N) is 2. The average molecular weight is 433 g/mol. The first-order valence-electron chi connectivity index (χ1n) is 8.48. The lowest BCUT2D eigenvalue weighted by atomic mass is 10.1. The summed E-state index contributed by atoms with van der Waals surface area (Å²) in [6.07, 6.45) is -4.40. The molecule has 0 radical (unpaired) electrons. The molecule has 29 heavy (non-hydrogen) atoms. The average Bonchev–Trinajstić information content (AvgIpc) is 3.14. The van der Waals surface area contributed by atoms with Gasteiger partial charge in [-0.25, -0.2) is 9.66 Å². The molecule has 2 heterocycles. The number of halogens is 3. The fourth-order valence-electron chi connectivity index (χ4n) is 2.90. The SMILES string of the molecule is Nn1c(SCc2cccc(C(F)(F)F)c2)nc2scc(-c3ccccc3)c2c1=O. The van der Waals surface area contributed by atoms with E-state index in [2.05, 4.69) is 4.98 Å². The molecular weight excluding hydrogens is 419 g/mol. The van der Waals surface area contributed by atoms with Gasteiger partial charge < -0.3 is 5.84 Å². The van der Waals surface area contributed by atoms with Crippen LogP contribution in [-0.2, 0) is 11.9 Å². The number of thiophene rings is 1. The molecule has 0 aliphatic rings. The molecule has 148 valence electrons. The van der Waals surface area contributed by atoms with Crippen molar-refractivity contribution in [2.24, 2.45) is 0 Å². The van der Waals surface area contributed by atoms with E-state index in [0.717, 1.165) is 39.7 Å². The maximum Gasteiger partial charge on any atom is 0.416 e. The van der Waals surface area contributed by atoms with Gasteiger partial charge in [0.15, 0.2) is 5.16 Å². The zero-order chi connectivity index (χ0) is 20.6. The standard InChI is InChI=1S/C20H14F3N3OS2/c21-20(22,23)14-8-4-5-12(9-14)10-29-19-25-17-16(18(27)26(19)24)15(11-28-17)13-6-2-1-3-7-13/h1-9,11H,10,24H2. The third-order valence-electron chi connectivity index (χ3n) is 4.31. The number of nitrogen functional groups attached to an aromatic ring is 1. The second-order valence-corrected chi connectivity index (χ2v) is 8.05. The second kappa shape index (κ2) is 7.57. The smallest absolute Gasteiger partial charge is 0.334 e. The molecule has 4 rings (SSSR count). The Morgan fingerprint density at radius 2 is 1.86 bits per heavy atom. The van der Waals surface area contributed by atoms with E-state index < -0.39 is 11.7 Å². The highest BCUT2D eigenvalue weighted by atomic mass is 32.2. The Bertz CT molecular complexity index is 1230. The van der Waals surface area contributed by atoms with E-state index in [1.165, 1.54) is 17.4 Å². The molecule has 0 spiro atoms. The van der Waals surface area contributed by atoms with Crippen LogP contribution in [-0.4, -0.2) is 9.66 Å². The first-order chi connectivity index (χ1) is 13.8. The Morgan fingerprint density at radius 3 is 2.59 bits per heavy atom. The maximum absolute atomic E-state index is 12.9. The lowest BCUT2D eigenvalue weighted by molar-refractivity contribution is -0.137. The van der Waals surface area contributed by atoms with Crippen molar-refractivity contribution in [1.29, 1.82) is 0 Å². The summed E-state index contributed by atoms with van der Waals surface area (Å²) in [4.78, 5) is 17.9. The number of rotatable bonds is 4. The predicted molar refractivity (Wildman–Crippen MR) is 110 cm³/mol. The molecule has 0 fully saturated rings. The molecule has 0 bridgehead atoms. The Balaban J connectivity index is 1.66. The lowest BCUT2D eigenvalue weighted by Crippen LogP contribution is -2.29. The van der Waals surface area contributed by atoms with Crippen molar-refractivity contribution in [3.63, 3.8) is 0 Å². The van der Waals surface area contributed by atoms with Gasteiger partial charge in [-0.2, -0.15) is 13.2 Å². The molecular formula is C20H14F3N3OS2. The normalized spacial score (nSPS) is 11.8. The molecule has 2 aromatic heterocycles. The topological polar surface area (TPSA) is 60.9 Å². The molecule has 2 aromatic carbocycles. The van der Waals surface area contributed by atoms with Gasteiger partial charge in [-0.3, -0.25) is 4.79 Å². The summed E-state index contributed by atoms with van der Waals surface area (Å²) in [6.45, 7) is 0. The molecule has 0 saturated heterocycles. The predicted octanol–water partition coefficient (Wildman–Crippen LogP) is 5.15. The Morgan fingerprint density at radius 1 is 1.10 bits per heavy atom. The highest BCUT2D eigenvalue weighted by Gasteiger charge is 2.30. The van der Waals surface area contributed by atoms with Crippen molar-refractivity contribution >= 4 is 33.3 Å². The van der Waals surface area contributed by atoms with Crippen LogP contribution in [0.1, 0.15) is 11.1 Å². The minimum atomic E-state index is -4.40. The van der Waals surface area contributed by atoms with E-state index in [-0.39, 0.29) is 16.5 Å². The minimum Gasteiger partial charge on any atom is -0.334 e. The fraction of sp³-hybridized carbons (Fsp3) is 0.100. The van der Waals surface area contributed by atoms with E-state index in [1.807, 2.05) is 35.7 Å². The van der Waals surface area contributed by atoms with E-state index in [4.69, 9.17) is 5.84 Å². The summed E-state index contributed by atoms with van der Waals surface area (Å²) in [5.41, 5.74) is 1.02. The fourth-order valence-corrected chi connectivity index (χ4v) is 4.75. The van der Waals surface area contributed by atoms with Gasteiger partial charge in [0.25, 0.3) is 5.56 Å². The van der Waals surface area contributed by atoms with Crippen LogP contribution in [0.4, 0.5) is 13.2 Å². The molecule has 9 heteroatoms. The van der Waals surface area contributed by atoms with E-state index >= 15 is 0 Å². The molecule has 0 aliphatic carbocycles. The number of alkyl halides is 3. The van der Waals surface area contributed by atoms with Gasteiger partial charge >= 0.3 is 6.18 Å². The van der Waals surface area contributed by atoms with Crippen LogP contribution in [0.5, 0.6) is 0 Å². The summed E-state index contributed by atoms with van der Waals surface area (Å²) < 4.78 is 39.6. The van der Waals surface area contributed by atoms with Crippen molar-refractivity contribution in [3.05, 3.63) is 81.5 Å². The second-order valence-electron chi connectivity index (χ2n) is 6.25. The number of nitrogens with two attached hydrogens (primary N) is 1. The first kappa shape index (κ1) is 19.5. The van der Waals surface area contributed by atoms with Gasteiger partial charge in [-0.05, 0) is 17.2 Å². The van der Waals surface area contributed by atoms with E-state index in [0.29, 0.717) is 15.8 Å². The third kappa shape index (κ3) is 3.88. The van der Waals surface area contributed by atoms with E-state index in [9.17, 15) is 18.0 Å². The zero-order valence-electron chi connectivity index (χ0n) is 14.8. The molecule has 0 aliphatic heterocycles. The van der Waals surface area contributed by atoms with Gasteiger partial charge in [0.05, 0.1) is 10.9 Å². The quantitative estimate of drug-likeness (QED) is 0.275. The van der Waals surface area contributed by atoms with Crippen LogP contribution in [0, 0.1) is 0 Å². The first-order valence-corrected chi connectivity index (χ1v) is 10.3. The van der Waals surface area contributed by atoms with Crippen LogP contribution in [0.2, 0.25) is 0 Å². The van der Waals surface area contributed by atoms with Gasteiger partial charge in [-0.15, -0.1) is 11.3 Å². The van der Waals surface area contributed by atoms with Crippen LogP contribution >= 0.6 is 23.1 Å². The number of benzene rings is 2. The Kier molecular flexibility index (Phi) is 5.10. The molecule has 4 aromatic rings. The summed E-state index contributed by atoms with van der Waals surface area (Å²) >= 11 is 2.45. The molecule has 0 amide bonds. The molecule has 4 nitrogen and oxygen atoms in total. The molecule has 0 atom stereocenters. The van der Waals surface area contributed by atoms with Crippen molar-refractivity contribution in [3.8, 4) is 11.1 Å². The number of hydrogen-bond acceptors (Lipinski definition) is 5. The monoisotopic (exact) mass is 433 g/mol. The summed E-state index contributed by atoms with van der Waals surface area (Å²) in [5, 5.41) is 2.55. The number of aromatic nitrogens is 2. The van der Waals surface area contributed by atoms with Gasteiger partial charge in [0.2, 0.25) is 0 Å². The van der Waals surface area contributed by atoms with Crippen LogP contribution < -0.4 is 11.4 Å². The number of thioether (sulfide) groups is 1. The van der Waals surface area contributed by atoms with Crippen molar-refractivity contribution in [1.82, 2.24) is 9.66 Å². The molecule has 0 saturated carbocycles. The summed E-state index contributed by atoms with van der Waals surface area (Å²) in [6, 6.07) is 14.5. The minimum absolute atomic E-state index is 0.204. The number of fused-ring (bicyclic) bond motifs is 1. The Labute approximate surface area is 171 Å². The largest absolute Gasteiger partial charge is 0.416 e. The van der Waals surface area contributed by atoms with Crippen molar-refractivity contribution in [2.45, 2.75) is 17.1 Å². The van der Waals surface area contributed by atoms with E-state index in [1.54, 1.807) is 6.07 Å². The van der Waals surface area contributed by atoms with Gasteiger partial charge in [0.1, 0.15) is 4.83 Å². The van der Waals surface area contributed by atoms with Crippen molar-refractivity contribution in [2.75, 3.05) is 5.84 Å². The van der Waals surface area contributed by atoms with Gasteiger partial charge in [0, 0.05) is 16.7 Å². The van der Waals surface area contributed by atoms with Crippen LogP contribution in [0.3, 0.4) is 0 Å². The lowest BCUT2D eigenvalue weighted by Gasteiger charge is -2.10. The van der Waals surface area contributed by atoms with Crippen LogP contribution in [0.25, 0.3) is 21.3 Å². The summed E-state index contributed by atoms with van der Waals surface area (Å²) in [7, 11) is 0. The highest BCUT2D eigenvalue weighted by Crippen LogP contribution is 2.33. The third-order valence-corrected chi connectivity index (χ3v) is 6.21. The maximum atomic E-state index is 12.9. The molecule has 2 N–H and O–H groups in total. The van der Waals surface area contributed by atoms with Crippen LogP contribution in [0.15, 0.2) is 69.9 Å². The highest BCUT2D eigenvalue weighted by molar-refractivity contribution is 7.98. The zero-order valence-corrected chi connectivity index (χ0v) is 16.4. The van der Waals surface area contributed by atoms with Gasteiger partial charge in [-0.1, -0.05) is 60.3 Å². The van der Waals surface area contributed by atoms with Crippen molar-refractivity contribution < 1.29 is 13.2 Å². The Hall–Kier alpha value is -2.78.